The van der Waals surface area contributed by atoms with Crippen molar-refractivity contribution in [2.75, 3.05) is 5.32 Å². The molecule has 0 heterocycles. The maximum Gasteiger partial charge on any atom is 0.219 e. The number of hydrogen-bond acceptors (Lipinski definition) is 3. The normalized spacial score (nSPS) is 10.7. The van der Waals surface area contributed by atoms with Gasteiger partial charge in [0, 0.05) is 12.0 Å². The molecule has 4 heteroatoms. The van der Waals surface area contributed by atoms with Crippen LogP contribution in [-0.4, -0.2) is 11.4 Å². The monoisotopic (exact) mass is 231 g/mol. The van der Waals surface area contributed by atoms with Gasteiger partial charge in [0.1, 0.15) is 6.07 Å². The number of anilines is 1. The highest BCUT2D eigenvalue weighted by molar-refractivity contribution is 5.76. The smallest absolute Gasteiger partial charge is 0.219 e. The quantitative estimate of drug-likeness (QED) is 0.831. The Hall–Kier alpha value is -2.02. The molecule has 0 aliphatic carbocycles. The van der Waals surface area contributed by atoms with E-state index in [0.29, 0.717) is 5.56 Å². The first-order valence-corrected chi connectivity index (χ1v) is 5.41. The van der Waals surface area contributed by atoms with Crippen LogP contribution in [0.1, 0.15) is 31.4 Å². The average molecular weight is 231 g/mol. The Morgan fingerprint density at radius 1 is 1.53 bits per heavy atom. The van der Waals surface area contributed by atoms with Crippen molar-refractivity contribution in [1.29, 1.82) is 5.26 Å². The number of nitrogens with two attached hydrogens (primary N) is 1. The number of hydrogen-bond donors (Lipinski definition) is 2. The molecule has 0 radical (unpaired) electrons. The van der Waals surface area contributed by atoms with E-state index < -0.39 is 5.54 Å². The van der Waals surface area contributed by atoms with Crippen LogP contribution >= 0.6 is 0 Å². The van der Waals surface area contributed by atoms with Gasteiger partial charge in [0.25, 0.3) is 0 Å². The number of carbonyl (C=O) groups excluding carboxylic acids is 1. The van der Waals surface area contributed by atoms with Crippen molar-refractivity contribution in [1.82, 2.24) is 0 Å². The van der Waals surface area contributed by atoms with Crippen molar-refractivity contribution in [2.24, 2.45) is 5.73 Å². The zero-order valence-corrected chi connectivity index (χ0v) is 10.4. The summed E-state index contributed by atoms with van der Waals surface area (Å²) in [4.78, 5) is 10.9. The Labute approximate surface area is 101 Å². The van der Waals surface area contributed by atoms with E-state index in [1.54, 1.807) is 0 Å². The lowest BCUT2D eigenvalue weighted by atomic mass is 9.98. The minimum Gasteiger partial charge on any atom is -0.379 e. The van der Waals surface area contributed by atoms with E-state index in [1.807, 2.05) is 39.0 Å². The number of carbonyl (C=O) groups is 1. The molecule has 0 aromatic heterocycles. The van der Waals surface area contributed by atoms with Gasteiger partial charge in [-0.05, 0) is 38.5 Å². The van der Waals surface area contributed by atoms with E-state index in [4.69, 9.17) is 11.0 Å². The SMILES string of the molecule is Cc1ccc(NC(C)(C)CC(N)=O)c(C#N)c1. The van der Waals surface area contributed by atoms with Gasteiger partial charge in [-0.2, -0.15) is 5.26 Å². The van der Waals surface area contributed by atoms with E-state index in [-0.39, 0.29) is 12.3 Å². The summed E-state index contributed by atoms with van der Waals surface area (Å²) >= 11 is 0. The molecule has 0 bridgehead atoms. The predicted octanol–water partition coefficient (Wildman–Crippen LogP) is 1.93. The molecule has 1 amide bonds. The van der Waals surface area contributed by atoms with Gasteiger partial charge in [-0.1, -0.05) is 6.07 Å². The fourth-order valence-electron chi connectivity index (χ4n) is 1.70. The van der Waals surface area contributed by atoms with E-state index in [0.717, 1.165) is 11.3 Å². The summed E-state index contributed by atoms with van der Waals surface area (Å²) in [5.41, 5.74) is 7.04. The maximum absolute atomic E-state index is 10.9. The molecule has 17 heavy (non-hydrogen) atoms. The third kappa shape index (κ3) is 3.80. The van der Waals surface area contributed by atoms with Crippen molar-refractivity contribution in [2.45, 2.75) is 32.7 Å². The first kappa shape index (κ1) is 13.0. The van der Waals surface area contributed by atoms with E-state index >= 15 is 0 Å². The van der Waals surface area contributed by atoms with Crippen molar-refractivity contribution in [3.8, 4) is 6.07 Å². The van der Waals surface area contributed by atoms with Gasteiger partial charge in [0.2, 0.25) is 5.91 Å². The summed E-state index contributed by atoms with van der Waals surface area (Å²) in [6, 6.07) is 7.71. The minimum absolute atomic E-state index is 0.214. The van der Waals surface area contributed by atoms with Crippen LogP contribution in [0.2, 0.25) is 0 Å². The second-order valence-electron chi connectivity index (χ2n) is 4.81. The molecule has 4 nitrogen and oxygen atoms in total. The van der Waals surface area contributed by atoms with E-state index in [2.05, 4.69) is 11.4 Å². The van der Waals surface area contributed by atoms with Crippen LogP contribution in [0.15, 0.2) is 18.2 Å². The van der Waals surface area contributed by atoms with Gasteiger partial charge in [0.05, 0.1) is 11.3 Å². The lowest BCUT2D eigenvalue weighted by molar-refractivity contribution is -0.118. The molecule has 0 atom stereocenters. The topological polar surface area (TPSA) is 78.9 Å². The zero-order valence-electron chi connectivity index (χ0n) is 10.4. The molecule has 0 saturated carbocycles. The molecule has 1 aromatic rings. The molecule has 3 N–H and O–H groups in total. The highest BCUT2D eigenvalue weighted by atomic mass is 16.1. The van der Waals surface area contributed by atoms with Crippen molar-refractivity contribution in [3.05, 3.63) is 29.3 Å². The molecule has 0 aliphatic heterocycles. The van der Waals surface area contributed by atoms with E-state index in [9.17, 15) is 4.79 Å². The van der Waals surface area contributed by atoms with Gasteiger partial charge >= 0.3 is 0 Å². The lowest BCUT2D eigenvalue weighted by Gasteiger charge is -2.26. The number of amides is 1. The predicted molar refractivity (Wildman–Crippen MR) is 67.4 cm³/mol. The van der Waals surface area contributed by atoms with Crippen LogP contribution in [0.4, 0.5) is 5.69 Å². The lowest BCUT2D eigenvalue weighted by Crippen LogP contribution is -2.36. The van der Waals surface area contributed by atoms with Crippen LogP contribution in [0, 0.1) is 18.3 Å². The first-order valence-electron chi connectivity index (χ1n) is 5.41. The van der Waals surface area contributed by atoms with Crippen LogP contribution in [0.3, 0.4) is 0 Å². The molecule has 1 rings (SSSR count). The fourth-order valence-corrected chi connectivity index (χ4v) is 1.70. The number of nitriles is 1. The van der Waals surface area contributed by atoms with E-state index in [1.165, 1.54) is 0 Å². The Bertz CT molecular complexity index is 472. The Morgan fingerprint density at radius 3 is 2.71 bits per heavy atom. The Balaban J connectivity index is 2.95. The number of aryl methyl sites for hydroxylation is 1. The Morgan fingerprint density at radius 2 is 2.18 bits per heavy atom. The molecular formula is C13H17N3O. The summed E-state index contributed by atoms with van der Waals surface area (Å²) < 4.78 is 0. The number of primary amides is 1. The van der Waals surface area contributed by atoms with Gasteiger partial charge in [0.15, 0.2) is 0 Å². The molecule has 0 unspecified atom stereocenters. The number of rotatable bonds is 4. The van der Waals surface area contributed by atoms with Gasteiger partial charge in [-0.25, -0.2) is 0 Å². The van der Waals surface area contributed by atoms with Crippen molar-refractivity contribution < 1.29 is 4.79 Å². The number of benzene rings is 1. The number of nitrogens with one attached hydrogen (secondary N) is 1. The minimum atomic E-state index is -0.466. The zero-order chi connectivity index (χ0) is 13.1. The summed E-state index contributed by atoms with van der Waals surface area (Å²) in [7, 11) is 0. The summed E-state index contributed by atoms with van der Waals surface area (Å²) in [6.45, 7) is 5.68. The molecule has 0 fully saturated rings. The standard InChI is InChI=1S/C13H17N3O/c1-9-4-5-11(10(6-9)8-14)16-13(2,3)7-12(15)17/h4-6,16H,7H2,1-3H3,(H2,15,17). The maximum atomic E-state index is 10.9. The second-order valence-corrected chi connectivity index (χ2v) is 4.81. The summed E-state index contributed by atoms with van der Waals surface area (Å²) in [5, 5.41) is 12.2. The highest BCUT2D eigenvalue weighted by Crippen LogP contribution is 2.22. The van der Waals surface area contributed by atoms with Crippen molar-refractivity contribution in [3.63, 3.8) is 0 Å². The van der Waals surface area contributed by atoms with Gasteiger partial charge < -0.3 is 11.1 Å². The van der Waals surface area contributed by atoms with Gasteiger partial charge in [-0.3, -0.25) is 4.79 Å². The average Bonchev–Trinajstić information content (AvgIpc) is 2.18. The second kappa shape index (κ2) is 4.88. The van der Waals surface area contributed by atoms with Crippen LogP contribution < -0.4 is 11.1 Å². The summed E-state index contributed by atoms with van der Waals surface area (Å²) in [5.74, 6) is -0.367. The molecule has 0 saturated heterocycles. The van der Waals surface area contributed by atoms with Crippen LogP contribution in [-0.2, 0) is 4.79 Å². The van der Waals surface area contributed by atoms with Crippen LogP contribution in [0.25, 0.3) is 0 Å². The molecule has 1 aromatic carbocycles. The third-order valence-corrected chi connectivity index (χ3v) is 2.38. The molecule has 0 spiro atoms. The van der Waals surface area contributed by atoms with Crippen molar-refractivity contribution >= 4 is 11.6 Å². The molecular weight excluding hydrogens is 214 g/mol. The first-order chi connectivity index (χ1) is 7.84. The fraction of sp³-hybridized carbons (Fsp3) is 0.385. The largest absolute Gasteiger partial charge is 0.379 e. The van der Waals surface area contributed by atoms with Crippen LogP contribution in [0.5, 0.6) is 0 Å². The highest BCUT2D eigenvalue weighted by Gasteiger charge is 2.21. The molecule has 90 valence electrons. The number of nitrogens with zero attached hydrogens (tertiary/aromatic N) is 1. The third-order valence-electron chi connectivity index (χ3n) is 2.38. The summed E-state index contributed by atoms with van der Waals surface area (Å²) in [6.07, 6.45) is 0.214. The molecule has 0 aliphatic rings. The Kier molecular flexibility index (Phi) is 3.74. The van der Waals surface area contributed by atoms with Gasteiger partial charge in [-0.15, -0.1) is 0 Å².